The molecule has 0 aromatic heterocycles. The van der Waals surface area contributed by atoms with Crippen molar-refractivity contribution in [3.05, 3.63) is 75.9 Å². The molecule has 0 saturated carbocycles. The number of rotatable bonds is 7. The summed E-state index contributed by atoms with van der Waals surface area (Å²) in [5.74, 6) is -0.550. The predicted molar refractivity (Wildman–Crippen MR) is 105 cm³/mol. The second-order valence-corrected chi connectivity index (χ2v) is 6.41. The van der Waals surface area contributed by atoms with E-state index in [4.69, 9.17) is 0 Å². The van der Waals surface area contributed by atoms with Gasteiger partial charge in [-0.15, -0.1) is 0 Å². The largest absolute Gasteiger partial charge is 0.389 e. The lowest BCUT2D eigenvalue weighted by Crippen LogP contribution is -2.18. The van der Waals surface area contributed by atoms with Gasteiger partial charge in [-0.3, -0.25) is 9.59 Å². The van der Waals surface area contributed by atoms with Crippen molar-refractivity contribution in [3.8, 4) is 6.07 Å². The molecule has 0 radical (unpaired) electrons. The normalized spacial score (nSPS) is 10.7. The smallest absolute Gasteiger partial charge is 0.267 e. The van der Waals surface area contributed by atoms with E-state index >= 15 is 0 Å². The number of hydrogen-bond acceptors (Lipinski definition) is 4. The Bertz CT molecular complexity index is 867. The number of hydrogen-bond donors (Lipinski definition) is 2. The number of carbonyl (C=O) groups is 2. The minimum absolute atomic E-state index is 0.0206. The summed E-state index contributed by atoms with van der Waals surface area (Å²) in [5.41, 5.74) is 2.21. The highest BCUT2D eigenvalue weighted by molar-refractivity contribution is 9.10. The van der Waals surface area contributed by atoms with Crippen LogP contribution in [0.4, 0.5) is 5.69 Å². The molecule has 26 heavy (non-hydrogen) atoms. The molecule has 0 bridgehead atoms. The molecule has 5 nitrogen and oxygen atoms in total. The van der Waals surface area contributed by atoms with Gasteiger partial charge >= 0.3 is 0 Å². The van der Waals surface area contributed by atoms with Crippen LogP contribution >= 0.6 is 15.9 Å². The van der Waals surface area contributed by atoms with Crippen LogP contribution in [-0.4, -0.2) is 18.2 Å². The lowest BCUT2D eigenvalue weighted by atomic mass is 10.1. The third-order valence-corrected chi connectivity index (χ3v) is 4.43. The summed E-state index contributed by atoms with van der Waals surface area (Å²) in [7, 11) is 0. The third-order valence-electron chi connectivity index (χ3n) is 3.66. The zero-order chi connectivity index (χ0) is 18.9. The lowest BCUT2D eigenvalue weighted by Gasteiger charge is -2.06. The summed E-state index contributed by atoms with van der Waals surface area (Å²) in [5, 5.41) is 14.8. The Morgan fingerprint density at radius 2 is 1.85 bits per heavy atom. The van der Waals surface area contributed by atoms with Crippen LogP contribution in [0.15, 0.2) is 64.8 Å². The second-order valence-electron chi connectivity index (χ2n) is 5.55. The van der Waals surface area contributed by atoms with Crippen LogP contribution in [0.2, 0.25) is 0 Å². The molecule has 0 aliphatic rings. The summed E-state index contributed by atoms with van der Waals surface area (Å²) in [6.07, 6.45) is 2.17. The van der Waals surface area contributed by atoms with E-state index in [1.54, 1.807) is 24.3 Å². The molecular weight excluding hydrogens is 394 g/mol. The van der Waals surface area contributed by atoms with E-state index in [0.717, 1.165) is 16.5 Å². The van der Waals surface area contributed by atoms with Gasteiger partial charge in [0.05, 0.1) is 0 Å². The standard InChI is InChI=1S/C20H18BrN3O2/c1-14(25)15-6-8-18(9-7-15)24-20(26)17(12-22)13-23-11-10-16-4-2-3-5-19(16)21/h2-9,13,23H,10-11H2,1H3,(H,24,26)/b17-13-. The monoisotopic (exact) mass is 411 g/mol. The molecule has 1 amide bonds. The summed E-state index contributed by atoms with van der Waals surface area (Å²) in [6, 6.07) is 16.3. The molecule has 0 spiro atoms. The maximum absolute atomic E-state index is 12.2. The van der Waals surface area contributed by atoms with Gasteiger partial charge in [0.15, 0.2) is 5.78 Å². The van der Waals surface area contributed by atoms with Gasteiger partial charge in [-0.2, -0.15) is 5.26 Å². The fourth-order valence-corrected chi connectivity index (χ4v) is 2.70. The number of nitriles is 1. The number of halogens is 1. The van der Waals surface area contributed by atoms with Crippen molar-refractivity contribution < 1.29 is 9.59 Å². The number of nitrogens with one attached hydrogen (secondary N) is 2. The Morgan fingerprint density at radius 3 is 2.46 bits per heavy atom. The topological polar surface area (TPSA) is 82.0 Å². The maximum atomic E-state index is 12.2. The van der Waals surface area contributed by atoms with Gasteiger partial charge in [0.1, 0.15) is 11.6 Å². The van der Waals surface area contributed by atoms with E-state index in [0.29, 0.717) is 17.8 Å². The number of anilines is 1. The summed E-state index contributed by atoms with van der Waals surface area (Å²) in [4.78, 5) is 23.4. The van der Waals surface area contributed by atoms with E-state index in [9.17, 15) is 14.9 Å². The van der Waals surface area contributed by atoms with E-state index in [1.165, 1.54) is 13.1 Å². The molecule has 0 atom stereocenters. The molecule has 0 aliphatic carbocycles. The number of Topliss-reactive ketones (excluding diaryl/α,β-unsaturated/α-hetero) is 1. The molecule has 2 rings (SSSR count). The summed E-state index contributed by atoms with van der Waals surface area (Å²) in [6.45, 7) is 2.07. The van der Waals surface area contributed by atoms with E-state index in [1.807, 2.05) is 30.3 Å². The van der Waals surface area contributed by atoms with Crippen molar-refractivity contribution in [1.82, 2.24) is 5.32 Å². The van der Waals surface area contributed by atoms with Crippen molar-refractivity contribution in [2.45, 2.75) is 13.3 Å². The van der Waals surface area contributed by atoms with Crippen molar-refractivity contribution in [2.75, 3.05) is 11.9 Å². The Kier molecular flexibility index (Phi) is 7.12. The molecule has 2 aromatic rings. The Hall–Kier alpha value is -2.91. The van der Waals surface area contributed by atoms with Gasteiger partial charge in [-0.25, -0.2) is 0 Å². The van der Waals surface area contributed by atoms with Crippen LogP contribution in [0.25, 0.3) is 0 Å². The number of nitrogens with zero attached hydrogens (tertiary/aromatic N) is 1. The van der Waals surface area contributed by atoms with Gasteiger partial charge in [0.2, 0.25) is 0 Å². The van der Waals surface area contributed by atoms with E-state index < -0.39 is 5.91 Å². The average molecular weight is 412 g/mol. The Morgan fingerprint density at radius 1 is 1.15 bits per heavy atom. The molecule has 6 heteroatoms. The number of ketones is 1. The first kappa shape index (κ1) is 19.4. The Labute approximate surface area is 160 Å². The van der Waals surface area contributed by atoms with Crippen LogP contribution < -0.4 is 10.6 Å². The highest BCUT2D eigenvalue weighted by Crippen LogP contribution is 2.16. The Balaban J connectivity index is 1.91. The molecular formula is C20H18BrN3O2. The molecule has 2 N–H and O–H groups in total. The molecule has 132 valence electrons. The van der Waals surface area contributed by atoms with Gasteiger partial charge in [-0.1, -0.05) is 34.1 Å². The quantitative estimate of drug-likeness (QED) is 0.314. The SMILES string of the molecule is CC(=O)c1ccc(NC(=O)/C(C#N)=C\NCCc2ccccc2Br)cc1. The minimum atomic E-state index is -0.503. The van der Waals surface area contributed by atoms with Crippen molar-refractivity contribution in [3.63, 3.8) is 0 Å². The predicted octanol–water partition coefficient (Wildman–Crippen LogP) is 3.83. The minimum Gasteiger partial charge on any atom is -0.389 e. The highest BCUT2D eigenvalue weighted by atomic mass is 79.9. The average Bonchev–Trinajstić information content (AvgIpc) is 2.63. The van der Waals surface area contributed by atoms with E-state index in [2.05, 4.69) is 26.6 Å². The number of benzene rings is 2. The molecule has 0 unspecified atom stereocenters. The van der Waals surface area contributed by atoms with Crippen molar-refractivity contribution >= 4 is 33.3 Å². The van der Waals surface area contributed by atoms with Crippen molar-refractivity contribution in [1.29, 1.82) is 5.26 Å². The highest BCUT2D eigenvalue weighted by Gasteiger charge is 2.09. The van der Waals surface area contributed by atoms with Gasteiger partial charge in [-0.05, 0) is 49.2 Å². The first-order chi connectivity index (χ1) is 12.5. The molecule has 0 aliphatic heterocycles. The fraction of sp³-hybridized carbons (Fsp3) is 0.150. The molecule has 0 heterocycles. The molecule has 2 aromatic carbocycles. The van der Waals surface area contributed by atoms with E-state index in [-0.39, 0.29) is 11.4 Å². The van der Waals surface area contributed by atoms with Crippen molar-refractivity contribution in [2.24, 2.45) is 0 Å². The first-order valence-corrected chi connectivity index (χ1v) is 8.80. The fourth-order valence-electron chi connectivity index (χ4n) is 2.22. The summed E-state index contributed by atoms with van der Waals surface area (Å²) < 4.78 is 1.03. The maximum Gasteiger partial charge on any atom is 0.267 e. The van der Waals surface area contributed by atoms with Crippen LogP contribution in [0.5, 0.6) is 0 Å². The number of amides is 1. The van der Waals surface area contributed by atoms with Gasteiger partial charge in [0, 0.05) is 28.5 Å². The van der Waals surface area contributed by atoms with Crippen LogP contribution in [0.1, 0.15) is 22.8 Å². The molecule has 0 fully saturated rings. The van der Waals surface area contributed by atoms with Gasteiger partial charge < -0.3 is 10.6 Å². The van der Waals surface area contributed by atoms with Gasteiger partial charge in [0.25, 0.3) is 5.91 Å². The number of carbonyl (C=O) groups excluding carboxylic acids is 2. The van der Waals surface area contributed by atoms with Crippen LogP contribution in [-0.2, 0) is 11.2 Å². The zero-order valence-electron chi connectivity index (χ0n) is 14.3. The van der Waals surface area contributed by atoms with Crippen LogP contribution in [0, 0.1) is 11.3 Å². The first-order valence-electron chi connectivity index (χ1n) is 8.00. The van der Waals surface area contributed by atoms with Crippen LogP contribution in [0.3, 0.4) is 0 Å². The second kappa shape index (κ2) is 9.54. The lowest BCUT2D eigenvalue weighted by molar-refractivity contribution is -0.112. The summed E-state index contributed by atoms with van der Waals surface area (Å²) >= 11 is 3.48. The third kappa shape index (κ3) is 5.57. The zero-order valence-corrected chi connectivity index (χ0v) is 15.8. The molecule has 0 saturated heterocycles.